The Labute approximate surface area is 116 Å². The summed E-state index contributed by atoms with van der Waals surface area (Å²) in [4.78, 5) is 0. The molecule has 0 bridgehead atoms. The molecule has 106 valence electrons. The molecule has 19 heavy (non-hydrogen) atoms. The van der Waals surface area contributed by atoms with Crippen molar-refractivity contribution in [3.05, 3.63) is 18.2 Å². The van der Waals surface area contributed by atoms with Crippen molar-refractivity contribution in [2.75, 3.05) is 17.6 Å². The van der Waals surface area contributed by atoms with Gasteiger partial charge in [-0.25, -0.2) is 0 Å². The highest BCUT2D eigenvalue weighted by Gasteiger charge is 2.40. The molecule has 0 radical (unpaired) electrons. The van der Waals surface area contributed by atoms with Gasteiger partial charge in [-0.2, -0.15) is 0 Å². The summed E-state index contributed by atoms with van der Waals surface area (Å²) < 4.78 is 5.72. The second kappa shape index (κ2) is 5.72. The fourth-order valence-electron chi connectivity index (χ4n) is 2.51. The molecule has 0 heterocycles. The molecule has 1 aromatic rings. The summed E-state index contributed by atoms with van der Waals surface area (Å²) in [6.45, 7) is 7.35. The van der Waals surface area contributed by atoms with E-state index in [0.29, 0.717) is 11.1 Å². The highest BCUT2D eigenvalue weighted by atomic mass is 16.5. The average molecular weight is 262 g/mol. The van der Waals surface area contributed by atoms with Crippen LogP contribution in [0.3, 0.4) is 0 Å². The number of hydrogen-bond acceptors (Lipinski definition) is 3. The van der Waals surface area contributed by atoms with E-state index in [1.807, 2.05) is 32.0 Å². The average Bonchev–Trinajstić information content (AvgIpc) is 3.10. The Kier molecular flexibility index (Phi) is 4.23. The van der Waals surface area contributed by atoms with Crippen molar-refractivity contribution in [3.63, 3.8) is 0 Å². The van der Waals surface area contributed by atoms with Crippen LogP contribution in [-0.2, 0) is 0 Å². The van der Waals surface area contributed by atoms with Crippen LogP contribution in [-0.4, -0.2) is 12.6 Å². The molecule has 3 heteroatoms. The highest BCUT2D eigenvalue weighted by Crippen LogP contribution is 2.49. The van der Waals surface area contributed by atoms with Crippen molar-refractivity contribution in [3.8, 4) is 5.75 Å². The first-order valence-electron chi connectivity index (χ1n) is 7.35. The molecule has 1 aromatic carbocycles. The molecule has 0 atom stereocenters. The van der Waals surface area contributed by atoms with E-state index >= 15 is 0 Å². The quantitative estimate of drug-likeness (QED) is 0.729. The monoisotopic (exact) mass is 262 g/mol. The van der Waals surface area contributed by atoms with Gasteiger partial charge in [0.25, 0.3) is 0 Å². The molecule has 1 saturated carbocycles. The van der Waals surface area contributed by atoms with Gasteiger partial charge in [-0.05, 0) is 50.7 Å². The molecule has 0 spiro atoms. The summed E-state index contributed by atoms with van der Waals surface area (Å²) in [6, 6.07) is 5.96. The van der Waals surface area contributed by atoms with Gasteiger partial charge in [-0.15, -0.1) is 0 Å². The number of nitrogen functional groups attached to an aromatic ring is 1. The maximum atomic E-state index is 5.93. The van der Waals surface area contributed by atoms with Crippen LogP contribution in [0.25, 0.3) is 0 Å². The molecule has 0 amide bonds. The van der Waals surface area contributed by atoms with E-state index in [2.05, 4.69) is 12.2 Å². The maximum absolute atomic E-state index is 5.93. The lowest BCUT2D eigenvalue weighted by atomic mass is 10.0. The number of nitrogens with two attached hydrogens (primary N) is 1. The Morgan fingerprint density at radius 2 is 2.11 bits per heavy atom. The fourth-order valence-corrected chi connectivity index (χ4v) is 2.51. The van der Waals surface area contributed by atoms with Crippen LogP contribution >= 0.6 is 0 Å². The molecule has 3 nitrogen and oxygen atoms in total. The van der Waals surface area contributed by atoms with Crippen LogP contribution in [0.15, 0.2) is 18.2 Å². The molecule has 1 aliphatic rings. The van der Waals surface area contributed by atoms with Crippen LogP contribution in [0, 0.1) is 5.41 Å². The molecule has 2 rings (SSSR count). The summed E-state index contributed by atoms with van der Waals surface area (Å²) in [5.74, 6) is 0.778. The summed E-state index contributed by atoms with van der Waals surface area (Å²) in [7, 11) is 0. The minimum Gasteiger partial charge on any atom is -0.489 e. The van der Waals surface area contributed by atoms with Crippen LogP contribution in [0.1, 0.15) is 46.5 Å². The van der Waals surface area contributed by atoms with E-state index in [0.717, 1.165) is 18.0 Å². The molecule has 3 N–H and O–H groups in total. The summed E-state index contributed by atoms with van der Waals surface area (Å²) >= 11 is 0. The molecular formula is C16H26N2O. The minimum absolute atomic E-state index is 0.146. The van der Waals surface area contributed by atoms with Crippen molar-refractivity contribution < 1.29 is 4.74 Å². The van der Waals surface area contributed by atoms with Gasteiger partial charge < -0.3 is 15.8 Å². The third-order valence-electron chi connectivity index (χ3n) is 3.78. The van der Waals surface area contributed by atoms with Crippen LogP contribution < -0.4 is 15.8 Å². The van der Waals surface area contributed by atoms with Gasteiger partial charge in [0.2, 0.25) is 0 Å². The van der Waals surface area contributed by atoms with E-state index in [4.69, 9.17) is 10.5 Å². The molecule has 0 unspecified atom stereocenters. The molecule has 1 aliphatic carbocycles. The first-order valence-corrected chi connectivity index (χ1v) is 7.35. The second-order valence-corrected chi connectivity index (χ2v) is 6.02. The van der Waals surface area contributed by atoms with Crippen LogP contribution in [0.2, 0.25) is 0 Å². The fraction of sp³-hybridized carbons (Fsp3) is 0.625. The van der Waals surface area contributed by atoms with Gasteiger partial charge >= 0.3 is 0 Å². The molecule has 1 fully saturated rings. The zero-order valence-corrected chi connectivity index (χ0v) is 12.3. The van der Waals surface area contributed by atoms with Gasteiger partial charge in [-0.1, -0.05) is 13.3 Å². The normalized spacial score (nSPS) is 16.4. The predicted octanol–water partition coefficient (Wildman–Crippen LogP) is 4.05. The molecule has 0 aromatic heterocycles. The zero-order chi connectivity index (χ0) is 13.9. The maximum Gasteiger partial charge on any atom is 0.144 e. The second-order valence-electron chi connectivity index (χ2n) is 6.02. The Morgan fingerprint density at radius 1 is 1.37 bits per heavy atom. The SMILES string of the molecule is CCCC1(CNc2ccc(N)c(OC(C)C)c2)CC1. The molecule has 0 saturated heterocycles. The van der Waals surface area contributed by atoms with E-state index < -0.39 is 0 Å². The highest BCUT2D eigenvalue weighted by molar-refractivity contribution is 5.61. The van der Waals surface area contributed by atoms with E-state index in [-0.39, 0.29) is 6.10 Å². The Hall–Kier alpha value is -1.38. The van der Waals surface area contributed by atoms with Crippen molar-refractivity contribution >= 4 is 11.4 Å². The number of nitrogens with one attached hydrogen (secondary N) is 1. The van der Waals surface area contributed by atoms with Crippen LogP contribution in [0.4, 0.5) is 11.4 Å². The standard InChI is InChI=1S/C16H26N2O/c1-4-7-16(8-9-16)11-18-13-5-6-14(17)15(10-13)19-12(2)3/h5-6,10,12,18H,4,7-9,11,17H2,1-3H3. The Bertz CT molecular complexity index is 425. The van der Waals surface area contributed by atoms with Gasteiger partial charge in [0, 0.05) is 18.3 Å². The topological polar surface area (TPSA) is 47.3 Å². The number of rotatable bonds is 7. The van der Waals surface area contributed by atoms with Gasteiger partial charge in [0.15, 0.2) is 0 Å². The number of anilines is 2. The van der Waals surface area contributed by atoms with Crippen molar-refractivity contribution in [2.24, 2.45) is 5.41 Å². The molecule has 0 aliphatic heterocycles. The predicted molar refractivity (Wildman–Crippen MR) is 81.7 cm³/mol. The summed E-state index contributed by atoms with van der Waals surface area (Å²) in [6.07, 6.45) is 5.46. The Morgan fingerprint density at radius 3 is 2.68 bits per heavy atom. The number of benzene rings is 1. The van der Waals surface area contributed by atoms with Gasteiger partial charge in [0.05, 0.1) is 11.8 Å². The smallest absolute Gasteiger partial charge is 0.144 e. The number of ether oxygens (including phenoxy) is 1. The lowest BCUT2D eigenvalue weighted by molar-refractivity contribution is 0.244. The summed E-state index contributed by atoms with van der Waals surface area (Å²) in [5.41, 5.74) is 8.28. The van der Waals surface area contributed by atoms with E-state index in [1.54, 1.807) is 0 Å². The van der Waals surface area contributed by atoms with Gasteiger partial charge in [0.1, 0.15) is 5.75 Å². The lowest BCUT2D eigenvalue weighted by Crippen LogP contribution is -2.15. The Balaban J connectivity index is 1.97. The third kappa shape index (κ3) is 3.79. The lowest BCUT2D eigenvalue weighted by Gasteiger charge is -2.18. The number of hydrogen-bond donors (Lipinski definition) is 2. The third-order valence-corrected chi connectivity index (χ3v) is 3.78. The van der Waals surface area contributed by atoms with E-state index in [9.17, 15) is 0 Å². The molecular weight excluding hydrogens is 236 g/mol. The first kappa shape index (κ1) is 14.0. The van der Waals surface area contributed by atoms with Crippen molar-refractivity contribution in [1.82, 2.24) is 0 Å². The van der Waals surface area contributed by atoms with Crippen molar-refractivity contribution in [2.45, 2.75) is 52.6 Å². The minimum atomic E-state index is 0.146. The van der Waals surface area contributed by atoms with Gasteiger partial charge in [-0.3, -0.25) is 0 Å². The largest absolute Gasteiger partial charge is 0.489 e. The first-order chi connectivity index (χ1) is 9.04. The van der Waals surface area contributed by atoms with Crippen LogP contribution in [0.5, 0.6) is 5.75 Å². The van der Waals surface area contributed by atoms with Crippen molar-refractivity contribution in [1.29, 1.82) is 0 Å². The van der Waals surface area contributed by atoms with E-state index in [1.165, 1.54) is 25.7 Å². The zero-order valence-electron chi connectivity index (χ0n) is 12.3. The summed E-state index contributed by atoms with van der Waals surface area (Å²) in [5, 5.41) is 3.54.